The number of aliphatic hydroxyl groups is 1. The van der Waals surface area contributed by atoms with E-state index in [1.54, 1.807) is 22.0 Å². The van der Waals surface area contributed by atoms with Gasteiger partial charge in [0.25, 0.3) is 0 Å². The second kappa shape index (κ2) is 11.8. The highest BCUT2D eigenvalue weighted by Gasteiger charge is 2.78. The molecule has 3 saturated heterocycles. The number of hydrogen-bond donors (Lipinski definition) is 1. The van der Waals surface area contributed by atoms with Crippen LogP contribution in [0.1, 0.15) is 51.0 Å². The lowest BCUT2D eigenvalue weighted by molar-refractivity contribution is -0.160. The molecule has 3 fully saturated rings. The van der Waals surface area contributed by atoms with Crippen molar-refractivity contribution in [3.05, 3.63) is 61.2 Å². The number of carbonyl (C=O) groups is 3. The van der Waals surface area contributed by atoms with Crippen molar-refractivity contribution in [3.63, 3.8) is 0 Å². The van der Waals surface area contributed by atoms with E-state index in [0.717, 1.165) is 12.0 Å². The maximum absolute atomic E-state index is 14.3. The lowest BCUT2D eigenvalue weighted by Crippen LogP contribution is -2.56. The van der Waals surface area contributed by atoms with Gasteiger partial charge in [0.2, 0.25) is 11.8 Å². The molecule has 5 atom stereocenters. The van der Waals surface area contributed by atoms with Crippen LogP contribution in [-0.4, -0.2) is 76.2 Å². The van der Waals surface area contributed by atoms with Crippen LogP contribution in [0, 0.1) is 11.8 Å². The van der Waals surface area contributed by atoms with E-state index in [1.807, 2.05) is 37.3 Å². The second-order valence-corrected chi connectivity index (χ2v) is 10.8. The van der Waals surface area contributed by atoms with Crippen molar-refractivity contribution in [1.29, 1.82) is 0 Å². The Kier molecular flexibility index (Phi) is 8.73. The van der Waals surface area contributed by atoms with Crippen molar-refractivity contribution < 1.29 is 29.0 Å². The normalized spacial score (nSPS) is 29.3. The largest absolute Gasteiger partial charge is 0.465 e. The lowest BCUT2D eigenvalue weighted by atomic mass is 9.66. The Bertz CT molecular complexity index is 1040. The first-order chi connectivity index (χ1) is 18.3. The van der Waals surface area contributed by atoms with Crippen LogP contribution in [0.3, 0.4) is 0 Å². The maximum atomic E-state index is 14.3. The van der Waals surface area contributed by atoms with Gasteiger partial charge in [0.1, 0.15) is 17.6 Å². The van der Waals surface area contributed by atoms with Gasteiger partial charge in [-0.1, -0.05) is 42.5 Å². The van der Waals surface area contributed by atoms with Crippen LogP contribution < -0.4 is 0 Å². The van der Waals surface area contributed by atoms with Crippen molar-refractivity contribution in [1.82, 2.24) is 9.80 Å². The number of unbranched alkanes of at least 4 members (excludes halogenated alkanes) is 2. The molecule has 4 rings (SSSR count). The number of fused-ring (bicyclic) bond motifs is 1. The van der Waals surface area contributed by atoms with Gasteiger partial charge in [-0.15, -0.1) is 13.2 Å². The number of amides is 2. The Labute approximate surface area is 225 Å². The molecule has 1 aromatic rings. The molecule has 1 spiro atoms. The summed E-state index contributed by atoms with van der Waals surface area (Å²) in [4.78, 5) is 45.1. The van der Waals surface area contributed by atoms with Crippen molar-refractivity contribution in [2.24, 2.45) is 11.8 Å². The highest BCUT2D eigenvalue weighted by atomic mass is 16.6. The molecule has 0 radical (unpaired) electrons. The molecule has 3 aliphatic heterocycles. The molecule has 3 heterocycles. The van der Waals surface area contributed by atoms with E-state index >= 15 is 0 Å². The van der Waals surface area contributed by atoms with Crippen LogP contribution in [0.2, 0.25) is 0 Å². The van der Waals surface area contributed by atoms with Crippen LogP contribution in [0.4, 0.5) is 0 Å². The number of nitrogens with zero attached hydrogens (tertiary/aromatic N) is 2. The van der Waals surface area contributed by atoms with Crippen LogP contribution in [0.25, 0.3) is 0 Å². The topological polar surface area (TPSA) is 96.4 Å². The fraction of sp³-hybridized carbons (Fsp3) is 0.567. The summed E-state index contributed by atoms with van der Waals surface area (Å²) >= 11 is 0. The van der Waals surface area contributed by atoms with Gasteiger partial charge in [-0.2, -0.15) is 0 Å². The predicted octanol–water partition coefficient (Wildman–Crippen LogP) is 3.25. The lowest BCUT2D eigenvalue weighted by Gasteiger charge is -2.37. The Morgan fingerprint density at radius 3 is 2.63 bits per heavy atom. The third-order valence-electron chi connectivity index (χ3n) is 8.27. The molecule has 3 aliphatic rings. The number of esters is 1. The third-order valence-corrected chi connectivity index (χ3v) is 8.27. The first kappa shape index (κ1) is 28.0. The van der Waals surface area contributed by atoms with E-state index in [0.29, 0.717) is 51.7 Å². The first-order valence-corrected chi connectivity index (χ1v) is 13.7. The van der Waals surface area contributed by atoms with Gasteiger partial charge in [-0.25, -0.2) is 0 Å². The summed E-state index contributed by atoms with van der Waals surface area (Å²) in [6.45, 7) is 10.7. The summed E-state index contributed by atoms with van der Waals surface area (Å²) < 4.78 is 12.2. The average Bonchev–Trinajstić information content (AvgIpc) is 3.47. The smallest absolute Gasteiger partial charge is 0.312 e. The minimum Gasteiger partial charge on any atom is -0.465 e. The minimum atomic E-state index is -1.09. The molecule has 2 bridgehead atoms. The van der Waals surface area contributed by atoms with Crippen LogP contribution in [-0.2, 0) is 30.4 Å². The van der Waals surface area contributed by atoms with Crippen molar-refractivity contribution in [2.45, 2.75) is 69.2 Å². The summed E-state index contributed by atoms with van der Waals surface area (Å²) in [7, 11) is 0. The maximum Gasteiger partial charge on any atom is 0.312 e. The van der Waals surface area contributed by atoms with Crippen LogP contribution in [0.5, 0.6) is 0 Å². The molecular formula is C30H40N2O6. The predicted molar refractivity (Wildman–Crippen MR) is 143 cm³/mol. The standard InChI is InChI=1S/C30H40N2O6/c1-4-6-20-37-28(36)24-23-26(34)32(18-11-8-12-19-33)25(30(23)16-15-29(24,3)38-30)27(35)31(17-5-2)21-22-13-9-7-10-14-22/h4-5,7,9-10,13-14,23-25,33H,1-2,6,8,11-12,15-21H2,3H3/t23-,24+,25?,29-,30?/m0/s1. The van der Waals surface area contributed by atoms with Crippen molar-refractivity contribution in [2.75, 3.05) is 26.3 Å². The van der Waals surface area contributed by atoms with Gasteiger partial charge in [-0.05, 0) is 51.0 Å². The summed E-state index contributed by atoms with van der Waals surface area (Å²) in [6.07, 6.45) is 6.97. The highest BCUT2D eigenvalue weighted by Crippen LogP contribution is 2.63. The molecule has 8 heteroatoms. The quantitative estimate of drug-likeness (QED) is 0.228. The second-order valence-electron chi connectivity index (χ2n) is 10.8. The Morgan fingerprint density at radius 2 is 1.95 bits per heavy atom. The zero-order valence-corrected chi connectivity index (χ0v) is 22.3. The van der Waals surface area contributed by atoms with Gasteiger partial charge in [-0.3, -0.25) is 14.4 Å². The molecule has 0 aliphatic carbocycles. The Hall–Kier alpha value is -2.97. The number of likely N-dealkylation sites (tertiary alicyclic amines) is 1. The molecule has 0 aromatic heterocycles. The fourth-order valence-electron chi connectivity index (χ4n) is 6.57. The fourth-order valence-corrected chi connectivity index (χ4v) is 6.57. The number of benzene rings is 1. The van der Waals surface area contributed by atoms with E-state index in [4.69, 9.17) is 9.47 Å². The molecule has 2 amide bonds. The van der Waals surface area contributed by atoms with Gasteiger partial charge >= 0.3 is 5.97 Å². The number of hydrogen-bond acceptors (Lipinski definition) is 6. The number of aliphatic hydroxyl groups excluding tert-OH is 1. The zero-order valence-electron chi connectivity index (χ0n) is 22.3. The Morgan fingerprint density at radius 1 is 1.18 bits per heavy atom. The highest BCUT2D eigenvalue weighted by molar-refractivity contribution is 5.98. The van der Waals surface area contributed by atoms with E-state index in [1.165, 1.54) is 0 Å². The zero-order chi connectivity index (χ0) is 27.3. The van der Waals surface area contributed by atoms with Crippen molar-refractivity contribution >= 4 is 17.8 Å². The average molecular weight is 525 g/mol. The molecule has 38 heavy (non-hydrogen) atoms. The number of ether oxygens (including phenoxy) is 2. The molecule has 1 aromatic carbocycles. The number of carbonyl (C=O) groups excluding carboxylic acids is 3. The summed E-state index contributed by atoms with van der Waals surface area (Å²) in [5.74, 6) is -2.41. The molecule has 1 N–H and O–H groups in total. The number of rotatable bonds is 14. The van der Waals surface area contributed by atoms with E-state index in [2.05, 4.69) is 13.2 Å². The van der Waals surface area contributed by atoms with Crippen molar-refractivity contribution in [3.8, 4) is 0 Å². The third kappa shape index (κ3) is 5.04. The van der Waals surface area contributed by atoms with E-state index in [9.17, 15) is 19.5 Å². The Balaban J connectivity index is 1.68. The van der Waals surface area contributed by atoms with Crippen LogP contribution in [0.15, 0.2) is 55.6 Å². The van der Waals surface area contributed by atoms with E-state index in [-0.39, 0.29) is 25.0 Å². The molecule has 8 nitrogen and oxygen atoms in total. The van der Waals surface area contributed by atoms with E-state index < -0.39 is 35.0 Å². The molecular weight excluding hydrogens is 484 g/mol. The summed E-state index contributed by atoms with van der Waals surface area (Å²) in [5, 5.41) is 9.22. The van der Waals surface area contributed by atoms with Crippen LogP contribution >= 0.6 is 0 Å². The SMILES string of the molecule is C=CCCOC(=O)[C@H]1[C@H]2C(=O)N(CCCCCO)C(C(=O)N(CC=C)Cc3ccccc3)C23CC[C@]1(C)O3. The summed E-state index contributed by atoms with van der Waals surface area (Å²) in [6, 6.07) is 8.87. The first-order valence-electron chi connectivity index (χ1n) is 13.7. The van der Waals surface area contributed by atoms with Gasteiger partial charge in [0, 0.05) is 26.2 Å². The molecule has 0 saturated carbocycles. The molecule has 206 valence electrons. The summed E-state index contributed by atoms with van der Waals surface area (Å²) in [5.41, 5.74) is -0.976. The van der Waals surface area contributed by atoms with Gasteiger partial charge < -0.3 is 24.4 Å². The van der Waals surface area contributed by atoms with Gasteiger partial charge in [0.15, 0.2) is 0 Å². The molecule has 2 unspecified atom stereocenters. The monoisotopic (exact) mass is 524 g/mol. The van der Waals surface area contributed by atoms with Gasteiger partial charge in [0.05, 0.1) is 18.1 Å². The minimum absolute atomic E-state index is 0.0765.